The zero-order chi connectivity index (χ0) is 15.4. The molecule has 0 atom stereocenters. The summed E-state index contributed by atoms with van der Waals surface area (Å²) in [5.41, 5.74) is 9.30. The number of rotatable bonds is 4. The largest absolute Gasteiger partial charge is 0.489 e. The molecular formula is C16H17ClN2O2. The van der Waals surface area contributed by atoms with Crippen LogP contribution in [0.15, 0.2) is 41.6 Å². The Morgan fingerprint density at radius 2 is 1.95 bits per heavy atom. The summed E-state index contributed by atoms with van der Waals surface area (Å²) in [6.07, 6.45) is 0. The summed E-state index contributed by atoms with van der Waals surface area (Å²) in [5, 5.41) is 12.4. The van der Waals surface area contributed by atoms with Crippen LogP contribution < -0.4 is 10.5 Å². The highest BCUT2D eigenvalue weighted by Crippen LogP contribution is 2.23. The first-order valence-corrected chi connectivity index (χ1v) is 6.85. The van der Waals surface area contributed by atoms with Crippen LogP contribution in [0, 0.1) is 13.8 Å². The van der Waals surface area contributed by atoms with E-state index in [0.29, 0.717) is 17.2 Å². The Morgan fingerprint density at radius 1 is 1.19 bits per heavy atom. The lowest BCUT2D eigenvalue weighted by atomic mass is 10.1. The third kappa shape index (κ3) is 3.67. The summed E-state index contributed by atoms with van der Waals surface area (Å²) < 4.78 is 5.82. The van der Waals surface area contributed by atoms with Crippen molar-refractivity contribution in [2.24, 2.45) is 10.9 Å². The quantitative estimate of drug-likeness (QED) is 0.392. The first-order valence-electron chi connectivity index (χ1n) is 6.47. The Kier molecular flexibility index (Phi) is 4.70. The molecule has 0 heterocycles. The van der Waals surface area contributed by atoms with Crippen LogP contribution in [0.4, 0.5) is 0 Å². The van der Waals surface area contributed by atoms with E-state index in [4.69, 9.17) is 27.3 Å². The SMILES string of the molecule is Cc1cc(/C(N)=N/O)ccc1COc1ccc(Cl)cc1C. The van der Waals surface area contributed by atoms with Crippen molar-refractivity contribution in [2.45, 2.75) is 20.5 Å². The maximum atomic E-state index is 8.68. The van der Waals surface area contributed by atoms with Gasteiger partial charge in [-0.05, 0) is 54.8 Å². The molecule has 21 heavy (non-hydrogen) atoms. The molecule has 0 saturated carbocycles. The molecule has 0 aliphatic carbocycles. The van der Waals surface area contributed by atoms with Crippen molar-refractivity contribution in [3.05, 3.63) is 63.7 Å². The van der Waals surface area contributed by atoms with Gasteiger partial charge in [-0.3, -0.25) is 0 Å². The van der Waals surface area contributed by atoms with Gasteiger partial charge in [0.2, 0.25) is 0 Å². The molecule has 0 saturated heterocycles. The molecule has 0 aliphatic rings. The van der Waals surface area contributed by atoms with Crippen molar-refractivity contribution in [2.75, 3.05) is 0 Å². The lowest BCUT2D eigenvalue weighted by molar-refractivity contribution is 0.303. The maximum Gasteiger partial charge on any atom is 0.170 e. The summed E-state index contributed by atoms with van der Waals surface area (Å²) in [6, 6.07) is 11.1. The van der Waals surface area contributed by atoms with Gasteiger partial charge in [0.15, 0.2) is 5.84 Å². The van der Waals surface area contributed by atoms with Gasteiger partial charge < -0.3 is 15.7 Å². The number of hydrogen-bond acceptors (Lipinski definition) is 3. The second kappa shape index (κ2) is 6.50. The van der Waals surface area contributed by atoms with E-state index in [1.54, 1.807) is 12.1 Å². The zero-order valence-corrected chi connectivity index (χ0v) is 12.7. The fourth-order valence-electron chi connectivity index (χ4n) is 2.01. The zero-order valence-electron chi connectivity index (χ0n) is 11.9. The van der Waals surface area contributed by atoms with E-state index in [1.165, 1.54) is 0 Å². The molecule has 2 aromatic carbocycles. The second-order valence-electron chi connectivity index (χ2n) is 4.82. The minimum Gasteiger partial charge on any atom is -0.489 e. The van der Waals surface area contributed by atoms with Gasteiger partial charge in [-0.1, -0.05) is 28.9 Å². The Hall–Kier alpha value is -2.20. The van der Waals surface area contributed by atoms with Gasteiger partial charge in [-0.15, -0.1) is 0 Å². The highest BCUT2D eigenvalue weighted by Gasteiger charge is 2.06. The molecule has 0 fully saturated rings. The minimum absolute atomic E-state index is 0.0964. The summed E-state index contributed by atoms with van der Waals surface area (Å²) in [4.78, 5) is 0. The van der Waals surface area contributed by atoms with Gasteiger partial charge in [0.25, 0.3) is 0 Å². The molecule has 0 unspecified atom stereocenters. The number of amidine groups is 1. The van der Waals surface area contributed by atoms with Gasteiger partial charge in [0, 0.05) is 10.6 Å². The molecule has 0 aromatic heterocycles. The predicted octanol–water partition coefficient (Wildman–Crippen LogP) is 3.63. The highest BCUT2D eigenvalue weighted by atomic mass is 35.5. The third-order valence-corrected chi connectivity index (χ3v) is 3.50. The number of nitrogens with zero attached hydrogens (tertiary/aromatic N) is 1. The molecule has 0 bridgehead atoms. The van der Waals surface area contributed by atoms with Gasteiger partial charge >= 0.3 is 0 Å². The summed E-state index contributed by atoms with van der Waals surface area (Å²) in [7, 11) is 0. The Labute approximate surface area is 128 Å². The van der Waals surface area contributed by atoms with Crippen LogP contribution in [-0.2, 0) is 6.61 Å². The molecule has 4 nitrogen and oxygen atoms in total. The van der Waals surface area contributed by atoms with Crippen molar-refractivity contribution in [3.63, 3.8) is 0 Å². The van der Waals surface area contributed by atoms with E-state index in [2.05, 4.69) is 5.16 Å². The number of nitrogens with two attached hydrogens (primary N) is 1. The van der Waals surface area contributed by atoms with Crippen molar-refractivity contribution in [1.82, 2.24) is 0 Å². The Morgan fingerprint density at radius 3 is 2.57 bits per heavy atom. The Bertz CT molecular complexity index is 684. The van der Waals surface area contributed by atoms with Crippen LogP contribution in [0.2, 0.25) is 5.02 Å². The van der Waals surface area contributed by atoms with E-state index >= 15 is 0 Å². The molecule has 2 aromatic rings. The average Bonchev–Trinajstić information content (AvgIpc) is 2.46. The molecule has 110 valence electrons. The van der Waals surface area contributed by atoms with Gasteiger partial charge in [-0.2, -0.15) is 0 Å². The van der Waals surface area contributed by atoms with Gasteiger partial charge in [0.05, 0.1) is 0 Å². The summed E-state index contributed by atoms with van der Waals surface area (Å²) in [6.45, 7) is 4.36. The molecule has 2 rings (SSSR count). The van der Waals surface area contributed by atoms with Gasteiger partial charge in [-0.25, -0.2) is 0 Å². The van der Waals surface area contributed by atoms with Crippen molar-refractivity contribution in [1.29, 1.82) is 0 Å². The van der Waals surface area contributed by atoms with Crippen molar-refractivity contribution >= 4 is 17.4 Å². The number of ether oxygens (including phenoxy) is 1. The summed E-state index contributed by atoms with van der Waals surface area (Å²) >= 11 is 5.92. The molecule has 0 radical (unpaired) electrons. The third-order valence-electron chi connectivity index (χ3n) is 3.27. The fourth-order valence-corrected chi connectivity index (χ4v) is 2.23. The molecule has 0 amide bonds. The number of aryl methyl sites for hydroxylation is 2. The minimum atomic E-state index is 0.0964. The summed E-state index contributed by atoms with van der Waals surface area (Å²) in [5.74, 6) is 0.901. The maximum absolute atomic E-state index is 8.68. The van der Waals surface area contributed by atoms with E-state index in [-0.39, 0.29) is 5.84 Å². The first kappa shape index (κ1) is 15.2. The standard InChI is InChI=1S/C16H17ClN2O2/c1-10-7-12(16(18)19-20)3-4-13(10)9-21-15-6-5-14(17)8-11(15)2/h3-8,20H,9H2,1-2H3,(H2,18,19). The normalized spacial score (nSPS) is 11.5. The molecular weight excluding hydrogens is 288 g/mol. The Balaban J connectivity index is 2.13. The molecule has 0 aliphatic heterocycles. The van der Waals surface area contributed by atoms with E-state index in [0.717, 1.165) is 22.4 Å². The smallest absolute Gasteiger partial charge is 0.170 e. The monoisotopic (exact) mass is 304 g/mol. The van der Waals surface area contributed by atoms with Crippen LogP contribution in [0.3, 0.4) is 0 Å². The van der Waals surface area contributed by atoms with Crippen LogP contribution in [0.5, 0.6) is 5.75 Å². The fraction of sp³-hybridized carbons (Fsp3) is 0.188. The first-order chi connectivity index (χ1) is 10.0. The lowest BCUT2D eigenvalue weighted by Crippen LogP contribution is -2.13. The number of oxime groups is 1. The highest BCUT2D eigenvalue weighted by molar-refractivity contribution is 6.30. The average molecular weight is 305 g/mol. The van der Waals surface area contributed by atoms with Crippen LogP contribution >= 0.6 is 11.6 Å². The molecule has 5 heteroatoms. The van der Waals surface area contributed by atoms with Crippen LogP contribution in [-0.4, -0.2) is 11.0 Å². The van der Waals surface area contributed by atoms with Gasteiger partial charge in [0.1, 0.15) is 12.4 Å². The topological polar surface area (TPSA) is 67.8 Å². The van der Waals surface area contributed by atoms with Crippen molar-refractivity contribution < 1.29 is 9.94 Å². The number of benzene rings is 2. The number of hydrogen-bond donors (Lipinski definition) is 2. The van der Waals surface area contributed by atoms with E-state index in [9.17, 15) is 0 Å². The molecule has 3 N–H and O–H groups in total. The van der Waals surface area contributed by atoms with E-state index < -0.39 is 0 Å². The number of halogens is 1. The second-order valence-corrected chi connectivity index (χ2v) is 5.26. The van der Waals surface area contributed by atoms with Crippen LogP contribution in [0.25, 0.3) is 0 Å². The molecule has 0 spiro atoms. The predicted molar refractivity (Wildman–Crippen MR) is 84.2 cm³/mol. The van der Waals surface area contributed by atoms with E-state index in [1.807, 2.05) is 38.1 Å². The van der Waals surface area contributed by atoms with Crippen molar-refractivity contribution in [3.8, 4) is 5.75 Å². The lowest BCUT2D eigenvalue weighted by Gasteiger charge is -2.12. The van der Waals surface area contributed by atoms with Crippen LogP contribution in [0.1, 0.15) is 22.3 Å².